The zero-order chi connectivity index (χ0) is 29.6. The molecule has 4 rings (SSSR count). The highest BCUT2D eigenvalue weighted by molar-refractivity contribution is 7.91. The van der Waals surface area contributed by atoms with E-state index in [1.165, 1.54) is 12.1 Å². The fourth-order valence-electron chi connectivity index (χ4n) is 4.24. The molecule has 2 aromatic carbocycles. The highest BCUT2D eigenvalue weighted by atomic mass is 32.2. The van der Waals surface area contributed by atoms with Gasteiger partial charge in [0.15, 0.2) is 9.84 Å². The number of carboxylic acids is 1. The molecule has 1 amide bonds. The van der Waals surface area contributed by atoms with Gasteiger partial charge in [-0.05, 0) is 56.2 Å². The van der Waals surface area contributed by atoms with E-state index in [1.54, 1.807) is 17.6 Å². The largest absolute Gasteiger partial charge is 0.490 e. The average molecular weight is 585 g/mol. The number of hydrogen-bond acceptors (Lipinski definition) is 8. The Hall–Kier alpha value is -3.75. The Labute approximate surface area is 227 Å². The maximum Gasteiger partial charge on any atom is 0.490 e. The third-order valence-electron chi connectivity index (χ3n) is 6.00. The van der Waals surface area contributed by atoms with Gasteiger partial charge < -0.3 is 14.6 Å². The number of aliphatic carboxylic acids is 1. The van der Waals surface area contributed by atoms with Crippen LogP contribution in [0.5, 0.6) is 5.75 Å². The van der Waals surface area contributed by atoms with Crippen molar-refractivity contribution in [3.63, 3.8) is 0 Å². The number of benzene rings is 2. The summed E-state index contributed by atoms with van der Waals surface area (Å²) < 4.78 is 69.3. The number of sulfone groups is 1. The number of carbonyl (C=O) groups excluding carboxylic acids is 1. The van der Waals surface area contributed by atoms with Crippen molar-refractivity contribution in [3.8, 4) is 5.75 Å². The number of para-hydroxylation sites is 1. The van der Waals surface area contributed by atoms with Crippen LogP contribution in [0.1, 0.15) is 30.5 Å². The van der Waals surface area contributed by atoms with E-state index in [4.69, 9.17) is 24.6 Å². The Kier molecular flexibility index (Phi) is 9.71. The minimum Gasteiger partial charge on any atom is -0.489 e. The molecule has 2 heterocycles. The SMILES string of the molecule is Cc1cc(COc2ccc(S(=O)(=O)CC3(CC(=O)NO)CCCO3)cc2)c2ccccc2n1.O=C(O)C(F)(F)F. The van der Waals surface area contributed by atoms with E-state index in [0.717, 1.165) is 22.2 Å². The van der Waals surface area contributed by atoms with Crippen molar-refractivity contribution in [2.24, 2.45) is 0 Å². The summed E-state index contributed by atoms with van der Waals surface area (Å²) in [6, 6.07) is 16.0. The van der Waals surface area contributed by atoms with Crippen molar-refractivity contribution in [3.05, 3.63) is 65.9 Å². The summed E-state index contributed by atoms with van der Waals surface area (Å²) in [6.07, 6.45) is -4.21. The van der Waals surface area contributed by atoms with E-state index >= 15 is 0 Å². The molecule has 40 heavy (non-hydrogen) atoms. The maximum absolute atomic E-state index is 13.0. The molecule has 1 atom stereocenters. The number of carboxylic acid groups (broad SMARTS) is 1. The molecular weight excluding hydrogens is 557 g/mol. The second-order valence-electron chi connectivity index (χ2n) is 9.11. The highest BCUT2D eigenvalue weighted by Crippen LogP contribution is 2.33. The smallest absolute Gasteiger partial charge is 0.489 e. The molecule has 3 N–H and O–H groups in total. The van der Waals surface area contributed by atoms with Crippen LogP contribution in [0.25, 0.3) is 10.9 Å². The Morgan fingerprint density at radius 1 is 1.15 bits per heavy atom. The molecule has 216 valence electrons. The van der Waals surface area contributed by atoms with Crippen molar-refractivity contribution in [1.82, 2.24) is 10.5 Å². The first-order valence-electron chi connectivity index (χ1n) is 11.9. The summed E-state index contributed by atoms with van der Waals surface area (Å²) in [7, 11) is -3.72. The minimum absolute atomic E-state index is 0.124. The average Bonchev–Trinajstić information content (AvgIpc) is 3.34. The Balaban J connectivity index is 0.000000559. The number of aromatic nitrogens is 1. The molecule has 14 heteroatoms. The maximum atomic E-state index is 13.0. The number of hydrogen-bond donors (Lipinski definition) is 3. The third-order valence-corrected chi connectivity index (χ3v) is 7.89. The molecule has 0 spiro atoms. The monoisotopic (exact) mass is 584 g/mol. The predicted molar refractivity (Wildman–Crippen MR) is 135 cm³/mol. The van der Waals surface area contributed by atoms with Crippen LogP contribution in [0, 0.1) is 6.92 Å². The normalized spacial score (nSPS) is 17.1. The first kappa shape index (κ1) is 30.8. The van der Waals surface area contributed by atoms with Crippen LogP contribution in [0.3, 0.4) is 0 Å². The zero-order valence-electron chi connectivity index (χ0n) is 21.3. The number of nitrogens with one attached hydrogen (secondary N) is 1. The minimum atomic E-state index is -5.08. The van der Waals surface area contributed by atoms with Gasteiger partial charge in [-0.15, -0.1) is 0 Å². The topological polar surface area (TPSA) is 152 Å². The quantitative estimate of drug-likeness (QED) is 0.264. The number of nitrogens with zero attached hydrogens (tertiary/aromatic N) is 1. The van der Waals surface area contributed by atoms with Gasteiger partial charge >= 0.3 is 12.1 Å². The fraction of sp³-hybridized carbons (Fsp3) is 0.346. The number of amides is 1. The lowest BCUT2D eigenvalue weighted by molar-refractivity contribution is -0.192. The first-order valence-corrected chi connectivity index (χ1v) is 13.6. The van der Waals surface area contributed by atoms with Gasteiger partial charge in [0.2, 0.25) is 5.91 Å². The van der Waals surface area contributed by atoms with Crippen LogP contribution in [0.2, 0.25) is 0 Å². The van der Waals surface area contributed by atoms with Crippen molar-refractivity contribution >= 4 is 32.6 Å². The molecular formula is C26H27F3N2O8S. The standard InChI is InChI=1S/C24H26N2O6S.C2HF3O2/c1-17-13-18(21-5-2-3-6-22(21)25-17)15-31-19-7-9-20(10-8-19)33(29,30)16-24(11-4-12-32-24)14-23(27)26-28;3-2(4,5)1(6)7/h2-3,5-10,13,28H,4,11-12,14-16H2,1H3,(H,26,27);(H,6,7). The van der Waals surface area contributed by atoms with Gasteiger partial charge in [0.05, 0.1) is 28.2 Å². The molecule has 3 aromatic rings. The lowest BCUT2D eigenvalue weighted by Crippen LogP contribution is -2.41. The summed E-state index contributed by atoms with van der Waals surface area (Å²) in [4.78, 5) is 25.2. The number of ether oxygens (including phenoxy) is 2. The summed E-state index contributed by atoms with van der Waals surface area (Å²) in [5, 5.41) is 17.0. The number of fused-ring (bicyclic) bond motifs is 1. The fourth-order valence-corrected chi connectivity index (χ4v) is 5.98. The van der Waals surface area contributed by atoms with Gasteiger partial charge in [-0.3, -0.25) is 15.0 Å². The van der Waals surface area contributed by atoms with Crippen molar-refractivity contribution in [1.29, 1.82) is 0 Å². The summed E-state index contributed by atoms with van der Waals surface area (Å²) in [5.41, 5.74) is 3.21. The van der Waals surface area contributed by atoms with Gasteiger partial charge in [0.25, 0.3) is 0 Å². The summed E-state index contributed by atoms with van der Waals surface area (Å²) in [6.45, 7) is 2.63. The van der Waals surface area contributed by atoms with Gasteiger partial charge in [-0.1, -0.05) is 18.2 Å². The van der Waals surface area contributed by atoms with Crippen molar-refractivity contribution in [2.75, 3.05) is 12.4 Å². The Bertz CT molecular complexity index is 1460. The van der Waals surface area contributed by atoms with Crippen molar-refractivity contribution in [2.45, 2.75) is 49.5 Å². The van der Waals surface area contributed by atoms with Gasteiger partial charge in [0.1, 0.15) is 12.4 Å². The molecule has 1 aliphatic heterocycles. The molecule has 1 saturated heterocycles. The van der Waals surface area contributed by atoms with E-state index < -0.39 is 33.5 Å². The molecule has 0 saturated carbocycles. The molecule has 1 aliphatic rings. The molecule has 10 nitrogen and oxygen atoms in total. The molecule has 1 fully saturated rings. The second kappa shape index (κ2) is 12.6. The molecule has 0 radical (unpaired) electrons. The molecule has 1 unspecified atom stereocenters. The number of rotatable bonds is 8. The van der Waals surface area contributed by atoms with Crippen molar-refractivity contribution < 1.29 is 51.0 Å². The Morgan fingerprint density at radius 2 is 1.80 bits per heavy atom. The zero-order valence-corrected chi connectivity index (χ0v) is 22.1. The molecule has 0 aliphatic carbocycles. The van der Waals surface area contributed by atoms with E-state index in [-0.39, 0.29) is 17.1 Å². The van der Waals surface area contributed by atoms with E-state index in [2.05, 4.69) is 4.98 Å². The van der Waals surface area contributed by atoms with Crippen LogP contribution in [-0.2, 0) is 30.8 Å². The van der Waals surface area contributed by atoms with Crippen LogP contribution in [-0.4, -0.2) is 59.7 Å². The van der Waals surface area contributed by atoms with Crippen LogP contribution in [0.15, 0.2) is 59.5 Å². The predicted octanol–water partition coefficient (Wildman–Crippen LogP) is 3.97. The number of hydroxylamine groups is 1. The highest BCUT2D eigenvalue weighted by Gasteiger charge is 2.42. The Morgan fingerprint density at radius 3 is 2.38 bits per heavy atom. The van der Waals surface area contributed by atoms with Crippen LogP contribution in [0.4, 0.5) is 13.2 Å². The number of alkyl halides is 3. The lowest BCUT2D eigenvalue weighted by Gasteiger charge is -2.27. The molecule has 1 aromatic heterocycles. The number of halogens is 3. The third kappa shape index (κ3) is 8.13. The van der Waals surface area contributed by atoms with E-state index in [1.807, 2.05) is 37.3 Å². The van der Waals surface area contributed by atoms with E-state index in [9.17, 15) is 26.4 Å². The van der Waals surface area contributed by atoms with Crippen LogP contribution < -0.4 is 10.2 Å². The summed E-state index contributed by atoms with van der Waals surface area (Å²) in [5.74, 6) is -3.23. The van der Waals surface area contributed by atoms with E-state index in [0.29, 0.717) is 31.8 Å². The van der Waals surface area contributed by atoms with Crippen LogP contribution >= 0.6 is 0 Å². The number of aryl methyl sites for hydroxylation is 1. The number of pyridine rings is 1. The van der Waals surface area contributed by atoms with Gasteiger partial charge in [0, 0.05) is 23.3 Å². The first-order chi connectivity index (χ1) is 18.7. The summed E-state index contributed by atoms with van der Waals surface area (Å²) >= 11 is 0. The second-order valence-corrected chi connectivity index (χ2v) is 11.1. The lowest BCUT2D eigenvalue weighted by atomic mass is 9.98. The van der Waals surface area contributed by atoms with Gasteiger partial charge in [-0.2, -0.15) is 13.2 Å². The van der Waals surface area contributed by atoms with Gasteiger partial charge in [-0.25, -0.2) is 18.7 Å². The molecule has 0 bridgehead atoms. The number of carbonyl (C=O) groups is 2.